The van der Waals surface area contributed by atoms with Crippen LogP contribution >= 0.6 is 23.2 Å². The summed E-state index contributed by atoms with van der Waals surface area (Å²) in [5, 5.41) is 18.1. The number of carbonyl (C=O) groups is 1. The van der Waals surface area contributed by atoms with Crippen molar-refractivity contribution in [3.63, 3.8) is 0 Å². The van der Waals surface area contributed by atoms with Crippen molar-refractivity contribution in [1.29, 1.82) is 0 Å². The van der Waals surface area contributed by atoms with Crippen molar-refractivity contribution < 1.29 is 15.0 Å². The number of rotatable bonds is 13. The molecule has 12 heteroatoms. The Labute approximate surface area is 248 Å². The Morgan fingerprint density at radius 2 is 1.32 bits per heavy atom. The number of para-hydroxylation sites is 4. The summed E-state index contributed by atoms with van der Waals surface area (Å²) in [5.41, 5.74) is 3.23. The number of halogens is 2. The highest BCUT2D eigenvalue weighted by Gasteiger charge is 2.15. The molecule has 4 aromatic rings. The molecule has 0 unspecified atom stereocenters. The number of aryl methyl sites for hydroxylation is 1. The first kappa shape index (κ1) is 32.0. The Bertz CT molecular complexity index is 1570. The van der Waals surface area contributed by atoms with E-state index < -0.39 is 6.09 Å². The van der Waals surface area contributed by atoms with Crippen LogP contribution in [0, 0.1) is 0 Å². The van der Waals surface area contributed by atoms with Gasteiger partial charge in [-0.1, -0.05) is 36.4 Å². The van der Waals surface area contributed by atoms with Gasteiger partial charge >= 0.3 is 17.5 Å². The molecule has 2 N–H and O–H groups in total. The van der Waals surface area contributed by atoms with Crippen LogP contribution < -0.4 is 11.4 Å². The molecular formula is C29H37Cl2N5O5. The summed E-state index contributed by atoms with van der Waals surface area (Å²) in [6, 6.07) is 15.2. The summed E-state index contributed by atoms with van der Waals surface area (Å²) in [6.07, 6.45) is 4.45. The fourth-order valence-corrected chi connectivity index (χ4v) is 5.00. The van der Waals surface area contributed by atoms with Crippen LogP contribution in [0.2, 0.25) is 0 Å². The summed E-state index contributed by atoms with van der Waals surface area (Å²) in [4.78, 5) is 37.3. The van der Waals surface area contributed by atoms with E-state index in [9.17, 15) is 14.4 Å². The topological polar surface area (TPSA) is 115 Å². The average Bonchev–Trinajstić information content (AvgIpc) is 3.40. The highest BCUT2D eigenvalue weighted by molar-refractivity contribution is 6.18. The summed E-state index contributed by atoms with van der Waals surface area (Å²) in [5.74, 6) is 1.02. The van der Waals surface area contributed by atoms with Gasteiger partial charge in [-0.05, 0) is 44.0 Å². The Morgan fingerprint density at radius 1 is 0.805 bits per heavy atom. The molecule has 0 spiro atoms. The molecule has 10 nitrogen and oxygen atoms in total. The molecule has 2 aromatic heterocycles. The van der Waals surface area contributed by atoms with Crippen LogP contribution in [0.5, 0.6) is 0 Å². The molecule has 0 saturated heterocycles. The van der Waals surface area contributed by atoms with Gasteiger partial charge in [0, 0.05) is 44.5 Å². The van der Waals surface area contributed by atoms with Gasteiger partial charge in [0.15, 0.2) is 0 Å². The SMILES string of the molecule is CCN(CCn1c(=O)n(C/C=C\CCl)c2ccccc21)C(=O)O.O=c1n(CCO)c2ccccc2n1CCCCCl. The van der Waals surface area contributed by atoms with E-state index in [0.717, 1.165) is 34.9 Å². The number of carboxylic acid groups (broad SMARTS) is 1. The molecule has 0 aliphatic heterocycles. The van der Waals surface area contributed by atoms with E-state index in [2.05, 4.69) is 0 Å². The Hall–Kier alpha value is -3.47. The molecule has 0 fully saturated rings. The Kier molecular flexibility index (Phi) is 12.6. The van der Waals surface area contributed by atoms with Crippen molar-refractivity contribution >= 4 is 51.4 Å². The normalized spacial score (nSPS) is 11.3. The molecule has 0 bridgehead atoms. The third-order valence-corrected chi connectivity index (χ3v) is 7.17. The van der Waals surface area contributed by atoms with Gasteiger partial charge < -0.3 is 15.1 Å². The first-order valence-electron chi connectivity index (χ1n) is 13.6. The smallest absolute Gasteiger partial charge is 0.407 e. The zero-order chi connectivity index (χ0) is 29.8. The van der Waals surface area contributed by atoms with Gasteiger partial charge in [-0.15, -0.1) is 23.2 Å². The van der Waals surface area contributed by atoms with E-state index >= 15 is 0 Å². The van der Waals surface area contributed by atoms with E-state index in [1.54, 1.807) is 31.3 Å². The van der Waals surface area contributed by atoms with Gasteiger partial charge in [0.1, 0.15) is 0 Å². The minimum atomic E-state index is -0.977. The maximum Gasteiger partial charge on any atom is 0.407 e. The second-order valence-electron chi connectivity index (χ2n) is 9.22. The number of aliphatic hydroxyl groups excluding tert-OH is 1. The lowest BCUT2D eigenvalue weighted by Gasteiger charge is -2.16. The largest absolute Gasteiger partial charge is 0.465 e. The minimum absolute atomic E-state index is 0.0321. The fourth-order valence-electron chi connectivity index (χ4n) is 4.69. The highest BCUT2D eigenvalue weighted by atomic mass is 35.5. The summed E-state index contributed by atoms with van der Waals surface area (Å²) in [7, 11) is 0. The predicted octanol–water partition coefficient (Wildman–Crippen LogP) is 4.41. The lowest BCUT2D eigenvalue weighted by Crippen LogP contribution is -2.34. The second-order valence-corrected chi connectivity index (χ2v) is 9.90. The molecule has 222 valence electrons. The van der Waals surface area contributed by atoms with E-state index in [1.807, 2.05) is 54.6 Å². The van der Waals surface area contributed by atoms with Crippen molar-refractivity contribution in [2.45, 2.75) is 45.9 Å². The Balaban J connectivity index is 0.000000232. The zero-order valence-corrected chi connectivity index (χ0v) is 24.7. The van der Waals surface area contributed by atoms with Crippen LogP contribution in [0.4, 0.5) is 4.79 Å². The van der Waals surface area contributed by atoms with E-state index in [-0.39, 0.29) is 24.5 Å². The summed E-state index contributed by atoms with van der Waals surface area (Å²) < 4.78 is 6.67. The van der Waals surface area contributed by atoms with Gasteiger partial charge in [-0.3, -0.25) is 18.3 Å². The lowest BCUT2D eigenvalue weighted by atomic mass is 10.3. The predicted molar refractivity (Wildman–Crippen MR) is 165 cm³/mol. The number of nitrogens with zero attached hydrogens (tertiary/aromatic N) is 5. The molecule has 2 heterocycles. The molecule has 0 atom stereocenters. The van der Waals surface area contributed by atoms with Crippen LogP contribution in [0.25, 0.3) is 22.1 Å². The van der Waals surface area contributed by atoms with Crippen LogP contribution in [0.15, 0.2) is 70.3 Å². The van der Waals surface area contributed by atoms with Gasteiger partial charge in [0.2, 0.25) is 0 Å². The fraction of sp³-hybridized carbons (Fsp3) is 0.414. The molecule has 0 radical (unpaired) electrons. The maximum absolute atomic E-state index is 12.6. The first-order valence-corrected chi connectivity index (χ1v) is 14.7. The van der Waals surface area contributed by atoms with Crippen LogP contribution in [-0.4, -0.2) is 70.9 Å². The van der Waals surface area contributed by atoms with Crippen molar-refractivity contribution in [3.8, 4) is 0 Å². The molecule has 4 rings (SSSR count). The van der Waals surface area contributed by atoms with E-state index in [1.165, 1.54) is 4.90 Å². The van der Waals surface area contributed by atoms with Crippen LogP contribution in [0.3, 0.4) is 0 Å². The van der Waals surface area contributed by atoms with E-state index in [4.69, 9.17) is 33.4 Å². The van der Waals surface area contributed by atoms with Crippen molar-refractivity contribution in [3.05, 3.63) is 81.7 Å². The van der Waals surface area contributed by atoms with Gasteiger partial charge in [-0.2, -0.15) is 0 Å². The number of aromatic nitrogens is 4. The number of likely N-dealkylation sites (N-methyl/N-ethyl adjacent to an activating group) is 1. The monoisotopic (exact) mass is 605 g/mol. The number of hydrogen-bond donors (Lipinski definition) is 2. The molecule has 2 aromatic carbocycles. The first-order chi connectivity index (χ1) is 19.9. The van der Waals surface area contributed by atoms with Gasteiger partial charge in [0.05, 0.1) is 35.2 Å². The van der Waals surface area contributed by atoms with Gasteiger partial charge in [0.25, 0.3) is 0 Å². The summed E-state index contributed by atoms with van der Waals surface area (Å²) in [6.45, 7) is 4.18. The number of allylic oxidation sites excluding steroid dienone is 2. The third-order valence-electron chi connectivity index (χ3n) is 6.73. The number of amides is 1. The molecule has 0 aliphatic carbocycles. The molecule has 1 amide bonds. The highest BCUT2D eigenvalue weighted by Crippen LogP contribution is 2.14. The molecular weight excluding hydrogens is 569 g/mol. The lowest BCUT2D eigenvalue weighted by molar-refractivity contribution is 0.146. The number of alkyl halides is 2. The van der Waals surface area contributed by atoms with Crippen LogP contribution in [-0.2, 0) is 26.2 Å². The number of fused-ring (bicyclic) bond motifs is 2. The molecule has 0 saturated carbocycles. The maximum atomic E-state index is 12.6. The van der Waals surface area contributed by atoms with Crippen LogP contribution in [0.1, 0.15) is 19.8 Å². The van der Waals surface area contributed by atoms with Gasteiger partial charge in [-0.25, -0.2) is 14.4 Å². The van der Waals surface area contributed by atoms with Crippen molar-refractivity contribution in [1.82, 2.24) is 23.2 Å². The quantitative estimate of drug-likeness (QED) is 0.133. The summed E-state index contributed by atoms with van der Waals surface area (Å²) >= 11 is 11.3. The number of unbranched alkanes of at least 4 members (excludes halogenated alkanes) is 1. The van der Waals surface area contributed by atoms with Crippen molar-refractivity contribution in [2.24, 2.45) is 0 Å². The number of benzene rings is 2. The number of aliphatic hydroxyl groups is 1. The minimum Gasteiger partial charge on any atom is -0.465 e. The van der Waals surface area contributed by atoms with Crippen molar-refractivity contribution in [2.75, 3.05) is 31.5 Å². The second kappa shape index (κ2) is 16.1. The molecule has 0 aliphatic rings. The standard InChI is InChI=1S/C16H20ClN3O3.C13H17ClN2O2/c1-2-18(16(22)23)11-12-20-14-8-4-3-7-13(14)19(15(20)21)10-6-5-9-17;14-7-3-4-8-15-11-5-1-2-6-12(11)16(9-10-17)13(15)18/h3-8H,2,9-12H2,1H3,(H,22,23);1-2,5-6,17H,3-4,7-10H2/b6-5-;. The number of hydrogen-bond acceptors (Lipinski definition) is 4. The Morgan fingerprint density at radius 3 is 1.80 bits per heavy atom. The molecule has 41 heavy (non-hydrogen) atoms. The average molecular weight is 607 g/mol. The third kappa shape index (κ3) is 7.84. The zero-order valence-electron chi connectivity index (χ0n) is 23.2. The van der Waals surface area contributed by atoms with E-state index in [0.29, 0.717) is 44.5 Å². The number of imidazole rings is 2.